The topological polar surface area (TPSA) is 64.4 Å². The second-order valence-electron chi connectivity index (χ2n) is 4.90. The zero-order valence-electron chi connectivity index (χ0n) is 12.3. The molecule has 110 valence electrons. The summed E-state index contributed by atoms with van der Waals surface area (Å²) in [7, 11) is 1.54. The second kappa shape index (κ2) is 6.79. The van der Waals surface area contributed by atoms with E-state index in [9.17, 15) is 4.79 Å². The average molecular weight is 284 g/mol. The van der Waals surface area contributed by atoms with Crippen LogP contribution in [0.3, 0.4) is 0 Å². The predicted molar refractivity (Wildman–Crippen MR) is 85.8 cm³/mol. The summed E-state index contributed by atoms with van der Waals surface area (Å²) in [6.07, 6.45) is 2.15. The standard InChI is InChI=1S/C17H20N2O2/c1-3-4-12-5-7-15(8-6-12)19-17(20)13-9-14(18)11-16(10-13)21-2/h5-11H,3-4,18H2,1-2H3,(H,19,20). The lowest BCUT2D eigenvalue weighted by molar-refractivity contribution is 0.102. The van der Waals surface area contributed by atoms with Crippen LogP contribution in [-0.4, -0.2) is 13.0 Å². The van der Waals surface area contributed by atoms with Crippen LogP contribution in [0.2, 0.25) is 0 Å². The summed E-state index contributed by atoms with van der Waals surface area (Å²) < 4.78 is 5.12. The number of rotatable bonds is 5. The highest BCUT2D eigenvalue weighted by Gasteiger charge is 2.09. The van der Waals surface area contributed by atoms with Gasteiger partial charge in [0, 0.05) is 23.0 Å². The van der Waals surface area contributed by atoms with E-state index in [1.165, 1.54) is 5.56 Å². The Labute approximate surface area is 124 Å². The van der Waals surface area contributed by atoms with Gasteiger partial charge >= 0.3 is 0 Å². The van der Waals surface area contributed by atoms with Gasteiger partial charge in [0.05, 0.1) is 7.11 Å². The van der Waals surface area contributed by atoms with Crippen LogP contribution in [-0.2, 0) is 6.42 Å². The molecule has 0 heterocycles. The molecule has 2 rings (SSSR count). The molecule has 3 N–H and O–H groups in total. The molecule has 21 heavy (non-hydrogen) atoms. The average Bonchev–Trinajstić information content (AvgIpc) is 2.48. The smallest absolute Gasteiger partial charge is 0.255 e. The number of nitrogens with two attached hydrogens (primary N) is 1. The van der Waals surface area contributed by atoms with Gasteiger partial charge in [-0.25, -0.2) is 0 Å². The fraction of sp³-hybridized carbons (Fsp3) is 0.235. The minimum atomic E-state index is -0.205. The van der Waals surface area contributed by atoms with Crippen molar-refractivity contribution in [2.75, 3.05) is 18.2 Å². The maximum atomic E-state index is 12.2. The highest BCUT2D eigenvalue weighted by atomic mass is 16.5. The van der Waals surface area contributed by atoms with E-state index in [0.717, 1.165) is 18.5 Å². The normalized spacial score (nSPS) is 10.2. The van der Waals surface area contributed by atoms with E-state index in [4.69, 9.17) is 10.5 Å². The zero-order chi connectivity index (χ0) is 15.2. The number of hydrogen-bond donors (Lipinski definition) is 2. The Kier molecular flexibility index (Phi) is 4.82. The molecule has 0 atom stereocenters. The van der Waals surface area contributed by atoms with Crippen LogP contribution in [0.5, 0.6) is 5.75 Å². The van der Waals surface area contributed by atoms with E-state index in [2.05, 4.69) is 12.2 Å². The summed E-state index contributed by atoms with van der Waals surface area (Å²) >= 11 is 0. The molecule has 0 bridgehead atoms. The van der Waals surface area contributed by atoms with Crippen molar-refractivity contribution in [2.45, 2.75) is 19.8 Å². The quantitative estimate of drug-likeness (QED) is 0.826. The third-order valence-electron chi connectivity index (χ3n) is 3.18. The van der Waals surface area contributed by atoms with Crippen molar-refractivity contribution < 1.29 is 9.53 Å². The molecule has 0 aliphatic rings. The first-order chi connectivity index (χ1) is 10.1. The molecule has 2 aromatic carbocycles. The molecule has 0 aliphatic heterocycles. The fourth-order valence-electron chi connectivity index (χ4n) is 2.12. The molecule has 4 nitrogen and oxygen atoms in total. The maximum Gasteiger partial charge on any atom is 0.255 e. The van der Waals surface area contributed by atoms with Gasteiger partial charge in [-0.05, 0) is 36.2 Å². The minimum absolute atomic E-state index is 0.205. The third-order valence-corrected chi connectivity index (χ3v) is 3.18. The summed E-state index contributed by atoms with van der Waals surface area (Å²) in [5, 5.41) is 2.86. The number of amides is 1. The van der Waals surface area contributed by atoms with E-state index in [1.807, 2.05) is 24.3 Å². The van der Waals surface area contributed by atoms with Gasteiger partial charge in [-0.1, -0.05) is 25.5 Å². The fourth-order valence-corrected chi connectivity index (χ4v) is 2.12. The molecular weight excluding hydrogens is 264 g/mol. The maximum absolute atomic E-state index is 12.2. The molecule has 1 amide bonds. The van der Waals surface area contributed by atoms with E-state index < -0.39 is 0 Å². The number of carbonyl (C=O) groups excluding carboxylic acids is 1. The minimum Gasteiger partial charge on any atom is -0.497 e. The molecule has 0 unspecified atom stereocenters. The first kappa shape index (κ1) is 14.9. The highest BCUT2D eigenvalue weighted by molar-refractivity contribution is 6.05. The molecular formula is C17H20N2O2. The summed E-state index contributed by atoms with van der Waals surface area (Å²) in [5.74, 6) is 0.363. The first-order valence-electron chi connectivity index (χ1n) is 6.97. The van der Waals surface area contributed by atoms with Gasteiger partial charge in [0.15, 0.2) is 0 Å². The Bertz CT molecular complexity index is 621. The monoisotopic (exact) mass is 284 g/mol. The van der Waals surface area contributed by atoms with Crippen LogP contribution in [0.15, 0.2) is 42.5 Å². The molecule has 0 radical (unpaired) electrons. The number of anilines is 2. The van der Waals surface area contributed by atoms with Crippen molar-refractivity contribution in [3.05, 3.63) is 53.6 Å². The number of nitrogen functional groups attached to an aromatic ring is 1. The Morgan fingerprint density at radius 2 is 1.90 bits per heavy atom. The lowest BCUT2D eigenvalue weighted by Gasteiger charge is -2.08. The van der Waals surface area contributed by atoms with Crippen molar-refractivity contribution in [3.63, 3.8) is 0 Å². The van der Waals surface area contributed by atoms with E-state index in [1.54, 1.807) is 25.3 Å². The second-order valence-corrected chi connectivity index (χ2v) is 4.90. The van der Waals surface area contributed by atoms with Crippen LogP contribution >= 0.6 is 0 Å². The number of benzene rings is 2. The van der Waals surface area contributed by atoms with E-state index in [-0.39, 0.29) is 5.91 Å². The van der Waals surface area contributed by atoms with Crippen molar-refractivity contribution >= 4 is 17.3 Å². The number of methoxy groups -OCH3 is 1. The van der Waals surface area contributed by atoms with Crippen LogP contribution in [0.4, 0.5) is 11.4 Å². The molecule has 0 saturated carbocycles. The third kappa shape index (κ3) is 3.99. The van der Waals surface area contributed by atoms with Gasteiger partial charge in [-0.3, -0.25) is 4.79 Å². The number of carbonyl (C=O) groups is 1. The lowest BCUT2D eigenvalue weighted by Crippen LogP contribution is -2.12. The molecule has 0 saturated heterocycles. The summed E-state index contributed by atoms with van der Waals surface area (Å²) in [6.45, 7) is 2.14. The predicted octanol–water partition coefficient (Wildman–Crippen LogP) is 3.48. The molecule has 0 fully saturated rings. The Hall–Kier alpha value is -2.49. The van der Waals surface area contributed by atoms with E-state index >= 15 is 0 Å². The molecule has 0 aromatic heterocycles. The summed E-state index contributed by atoms with van der Waals surface area (Å²) in [6, 6.07) is 12.8. The van der Waals surface area contributed by atoms with Crippen LogP contribution in [0.25, 0.3) is 0 Å². The summed E-state index contributed by atoms with van der Waals surface area (Å²) in [5.41, 5.74) is 8.76. The highest BCUT2D eigenvalue weighted by Crippen LogP contribution is 2.20. The SMILES string of the molecule is CCCc1ccc(NC(=O)c2cc(N)cc(OC)c2)cc1. The van der Waals surface area contributed by atoms with Crippen LogP contribution in [0.1, 0.15) is 29.3 Å². The Balaban J connectivity index is 2.12. The molecule has 4 heteroatoms. The number of aryl methyl sites for hydroxylation is 1. The Morgan fingerprint density at radius 1 is 1.19 bits per heavy atom. The van der Waals surface area contributed by atoms with Crippen LogP contribution < -0.4 is 15.8 Å². The van der Waals surface area contributed by atoms with Crippen molar-refractivity contribution in [2.24, 2.45) is 0 Å². The van der Waals surface area contributed by atoms with Gasteiger partial charge in [0.1, 0.15) is 5.75 Å². The molecule has 2 aromatic rings. The number of nitrogens with one attached hydrogen (secondary N) is 1. The summed E-state index contributed by atoms with van der Waals surface area (Å²) in [4.78, 5) is 12.2. The number of hydrogen-bond acceptors (Lipinski definition) is 3. The van der Waals surface area contributed by atoms with Crippen molar-refractivity contribution in [3.8, 4) is 5.75 Å². The zero-order valence-corrected chi connectivity index (χ0v) is 12.3. The molecule has 0 aliphatic carbocycles. The van der Waals surface area contributed by atoms with Gasteiger partial charge < -0.3 is 15.8 Å². The van der Waals surface area contributed by atoms with Crippen LogP contribution in [0, 0.1) is 0 Å². The first-order valence-corrected chi connectivity index (χ1v) is 6.97. The Morgan fingerprint density at radius 3 is 2.52 bits per heavy atom. The van der Waals surface area contributed by atoms with E-state index in [0.29, 0.717) is 17.0 Å². The number of ether oxygens (including phenoxy) is 1. The lowest BCUT2D eigenvalue weighted by atomic mass is 10.1. The van der Waals surface area contributed by atoms with Crippen molar-refractivity contribution in [1.29, 1.82) is 0 Å². The van der Waals surface area contributed by atoms with Gasteiger partial charge in [-0.15, -0.1) is 0 Å². The largest absolute Gasteiger partial charge is 0.497 e. The van der Waals surface area contributed by atoms with Crippen molar-refractivity contribution in [1.82, 2.24) is 0 Å². The van der Waals surface area contributed by atoms with Gasteiger partial charge in [-0.2, -0.15) is 0 Å². The van der Waals surface area contributed by atoms with Gasteiger partial charge in [0.2, 0.25) is 0 Å². The molecule has 0 spiro atoms. The van der Waals surface area contributed by atoms with Gasteiger partial charge in [0.25, 0.3) is 5.91 Å².